The first-order valence-electron chi connectivity index (χ1n) is 10.1. The van der Waals surface area contributed by atoms with Gasteiger partial charge in [0.25, 0.3) is 0 Å². The molecular formula is C21H29FN4O6. The lowest BCUT2D eigenvalue weighted by Gasteiger charge is -2.20. The van der Waals surface area contributed by atoms with Crippen LogP contribution in [0.25, 0.3) is 0 Å². The molecule has 11 heteroatoms. The van der Waals surface area contributed by atoms with Crippen LogP contribution in [-0.4, -0.2) is 94.3 Å². The second kappa shape index (κ2) is 12.2. The third kappa shape index (κ3) is 7.36. The van der Waals surface area contributed by atoms with E-state index in [0.717, 1.165) is 0 Å². The van der Waals surface area contributed by atoms with Gasteiger partial charge in [0.1, 0.15) is 29.8 Å². The topological polar surface area (TPSA) is 119 Å². The van der Waals surface area contributed by atoms with Gasteiger partial charge in [-0.2, -0.15) is 0 Å². The molecule has 1 heterocycles. The first kappa shape index (κ1) is 25.4. The second-order valence-electron chi connectivity index (χ2n) is 7.35. The van der Waals surface area contributed by atoms with Gasteiger partial charge in [0.15, 0.2) is 5.78 Å². The molecule has 1 saturated heterocycles. The van der Waals surface area contributed by atoms with E-state index in [4.69, 9.17) is 14.2 Å². The molecule has 1 aromatic carbocycles. The number of Topliss-reactive ketones (excluding diaryl/α,β-unsaturated/α-hetero) is 1. The number of hydrogen-bond acceptors (Lipinski definition) is 8. The molecule has 0 bridgehead atoms. The van der Waals surface area contributed by atoms with Crippen LogP contribution in [0, 0.1) is 5.82 Å². The number of nitrogens with one attached hydrogen (secondary N) is 2. The summed E-state index contributed by atoms with van der Waals surface area (Å²) in [7, 11) is 4.97. The largest absolute Gasteiger partial charge is 0.450 e. The van der Waals surface area contributed by atoms with Gasteiger partial charge in [-0.3, -0.25) is 19.9 Å². The van der Waals surface area contributed by atoms with Crippen LogP contribution < -0.4 is 10.6 Å². The number of carbonyl (C=O) groups is 3. The van der Waals surface area contributed by atoms with E-state index >= 15 is 0 Å². The van der Waals surface area contributed by atoms with Gasteiger partial charge < -0.3 is 24.4 Å². The molecule has 1 aliphatic heterocycles. The number of ketones is 1. The van der Waals surface area contributed by atoms with Crippen molar-refractivity contribution in [3.05, 3.63) is 35.6 Å². The number of likely N-dealkylation sites (N-methyl/N-ethyl adjacent to an activating group) is 1. The van der Waals surface area contributed by atoms with Gasteiger partial charge in [0.2, 0.25) is 5.91 Å². The fourth-order valence-corrected chi connectivity index (χ4v) is 3.00. The molecule has 32 heavy (non-hydrogen) atoms. The summed E-state index contributed by atoms with van der Waals surface area (Å²) in [5.41, 5.74) is 0.386. The smallest absolute Gasteiger partial charge is 0.412 e. The third-order valence-corrected chi connectivity index (χ3v) is 4.50. The second-order valence-corrected chi connectivity index (χ2v) is 7.35. The van der Waals surface area contributed by atoms with Gasteiger partial charge in [0.05, 0.1) is 19.8 Å². The summed E-state index contributed by atoms with van der Waals surface area (Å²) in [6.07, 6.45) is -1.50. The van der Waals surface area contributed by atoms with Crippen molar-refractivity contribution in [2.24, 2.45) is 4.99 Å². The number of amides is 2. The number of halogens is 1. The summed E-state index contributed by atoms with van der Waals surface area (Å²) in [4.78, 5) is 43.5. The zero-order valence-corrected chi connectivity index (χ0v) is 18.6. The van der Waals surface area contributed by atoms with Gasteiger partial charge in [-0.1, -0.05) is 0 Å². The Kier molecular flexibility index (Phi) is 9.69. The Balaban J connectivity index is 2.27. The van der Waals surface area contributed by atoms with E-state index < -0.39 is 36.0 Å². The van der Waals surface area contributed by atoms with Crippen molar-refractivity contribution in [2.75, 3.05) is 47.6 Å². The van der Waals surface area contributed by atoms with E-state index in [9.17, 15) is 18.8 Å². The molecule has 0 spiro atoms. The first-order chi connectivity index (χ1) is 15.2. The highest BCUT2D eigenvalue weighted by molar-refractivity contribution is 6.07. The van der Waals surface area contributed by atoms with Crippen molar-refractivity contribution >= 4 is 23.6 Å². The SMILES string of the molecule is CCOC(=O)NC(=NC(CN(C)C)C(=O)NC1COC(COC)C1=O)c1ccc(F)cc1. The first-order valence-corrected chi connectivity index (χ1v) is 10.1. The lowest BCUT2D eigenvalue weighted by atomic mass is 10.1. The molecule has 3 atom stereocenters. The number of ether oxygens (including phenoxy) is 3. The maximum absolute atomic E-state index is 13.4. The summed E-state index contributed by atoms with van der Waals surface area (Å²) in [5, 5.41) is 5.16. The van der Waals surface area contributed by atoms with Crippen LogP contribution in [0.5, 0.6) is 0 Å². The van der Waals surface area contributed by atoms with Gasteiger partial charge in [0, 0.05) is 19.2 Å². The summed E-state index contributed by atoms with van der Waals surface area (Å²) in [5.74, 6) is -1.23. The number of aliphatic imine (C=N–C) groups is 1. The molecule has 2 amide bonds. The van der Waals surface area contributed by atoms with E-state index in [0.29, 0.717) is 5.56 Å². The average Bonchev–Trinajstić information content (AvgIpc) is 3.07. The van der Waals surface area contributed by atoms with E-state index in [1.54, 1.807) is 25.9 Å². The predicted octanol–water partition coefficient (Wildman–Crippen LogP) is 0.348. The number of alkyl carbamates (subject to hydrolysis) is 1. The summed E-state index contributed by atoms with van der Waals surface area (Å²) in [6.45, 7) is 2.10. The molecule has 0 radical (unpaired) electrons. The fraction of sp³-hybridized carbons (Fsp3) is 0.524. The Labute approximate surface area is 186 Å². The molecule has 2 rings (SSSR count). The standard InChI is InChI=1S/C21H29FN4O6/c1-5-31-21(29)25-19(13-6-8-14(22)9-7-13)23-15(10-26(2)3)20(28)24-16-11-32-17(12-30-4)18(16)27/h6-9,15-17H,5,10-12H2,1-4H3,(H,24,28)(H,23,25,29). The number of carbonyl (C=O) groups excluding carboxylic acids is 3. The number of methoxy groups -OCH3 is 1. The number of amidine groups is 1. The highest BCUT2D eigenvalue weighted by atomic mass is 19.1. The summed E-state index contributed by atoms with van der Waals surface area (Å²) < 4.78 is 28.6. The average molecular weight is 452 g/mol. The number of rotatable bonds is 9. The molecule has 1 aliphatic rings. The van der Waals surface area contributed by atoms with Crippen molar-refractivity contribution in [3.63, 3.8) is 0 Å². The van der Waals surface area contributed by atoms with Crippen molar-refractivity contribution in [2.45, 2.75) is 25.1 Å². The van der Waals surface area contributed by atoms with Crippen LogP contribution in [-0.2, 0) is 23.8 Å². The number of hydrogen-bond donors (Lipinski definition) is 2. The quantitative estimate of drug-likeness (QED) is 0.410. The minimum atomic E-state index is -0.985. The van der Waals surface area contributed by atoms with E-state index in [-0.39, 0.29) is 38.0 Å². The lowest BCUT2D eigenvalue weighted by Crippen LogP contribution is -2.49. The molecule has 3 unspecified atom stereocenters. The Bertz CT molecular complexity index is 830. The Hall–Kier alpha value is -2.89. The molecule has 0 saturated carbocycles. The van der Waals surface area contributed by atoms with Gasteiger partial charge in [-0.15, -0.1) is 0 Å². The van der Waals surface area contributed by atoms with Crippen LogP contribution in [0.2, 0.25) is 0 Å². The maximum Gasteiger partial charge on any atom is 0.412 e. The van der Waals surface area contributed by atoms with Crippen molar-refractivity contribution < 1.29 is 33.0 Å². The van der Waals surface area contributed by atoms with Crippen molar-refractivity contribution in [1.82, 2.24) is 15.5 Å². The zero-order chi connectivity index (χ0) is 23.7. The molecule has 176 valence electrons. The van der Waals surface area contributed by atoms with Crippen LogP contribution in [0.4, 0.5) is 9.18 Å². The monoisotopic (exact) mass is 452 g/mol. The van der Waals surface area contributed by atoms with Crippen LogP contribution >= 0.6 is 0 Å². The number of benzene rings is 1. The summed E-state index contributed by atoms with van der Waals surface area (Å²) >= 11 is 0. The zero-order valence-electron chi connectivity index (χ0n) is 18.6. The predicted molar refractivity (Wildman–Crippen MR) is 114 cm³/mol. The Morgan fingerprint density at radius 3 is 2.59 bits per heavy atom. The molecule has 0 aromatic heterocycles. The lowest BCUT2D eigenvalue weighted by molar-refractivity contribution is -0.129. The molecule has 1 fully saturated rings. The van der Waals surface area contributed by atoms with Crippen LogP contribution in [0.3, 0.4) is 0 Å². The van der Waals surface area contributed by atoms with Gasteiger partial charge in [-0.05, 0) is 45.3 Å². The molecule has 2 N–H and O–H groups in total. The number of nitrogens with zero attached hydrogens (tertiary/aromatic N) is 2. The fourth-order valence-electron chi connectivity index (χ4n) is 3.00. The summed E-state index contributed by atoms with van der Waals surface area (Å²) in [6, 6.07) is 3.46. The minimum Gasteiger partial charge on any atom is -0.450 e. The van der Waals surface area contributed by atoms with E-state index in [1.165, 1.54) is 31.4 Å². The van der Waals surface area contributed by atoms with Gasteiger partial charge >= 0.3 is 6.09 Å². The molecule has 0 aliphatic carbocycles. The molecule has 1 aromatic rings. The van der Waals surface area contributed by atoms with E-state index in [1.807, 2.05) is 0 Å². The molecule has 10 nitrogen and oxygen atoms in total. The Morgan fingerprint density at radius 2 is 2.00 bits per heavy atom. The highest BCUT2D eigenvalue weighted by Crippen LogP contribution is 2.11. The maximum atomic E-state index is 13.4. The Morgan fingerprint density at radius 1 is 1.31 bits per heavy atom. The normalized spacial score (nSPS) is 19.7. The molecular weight excluding hydrogens is 423 g/mol. The highest BCUT2D eigenvalue weighted by Gasteiger charge is 2.37. The minimum absolute atomic E-state index is 0.0306. The van der Waals surface area contributed by atoms with Crippen molar-refractivity contribution in [1.29, 1.82) is 0 Å². The van der Waals surface area contributed by atoms with Crippen molar-refractivity contribution in [3.8, 4) is 0 Å². The third-order valence-electron chi connectivity index (χ3n) is 4.50. The van der Waals surface area contributed by atoms with Crippen LogP contribution in [0.15, 0.2) is 29.3 Å². The van der Waals surface area contributed by atoms with Gasteiger partial charge in [-0.25, -0.2) is 9.18 Å². The van der Waals surface area contributed by atoms with E-state index in [2.05, 4.69) is 15.6 Å². The van der Waals surface area contributed by atoms with Crippen LogP contribution in [0.1, 0.15) is 12.5 Å².